The molecule has 0 atom stereocenters. The molecule has 0 aliphatic carbocycles. The summed E-state index contributed by atoms with van der Waals surface area (Å²) >= 11 is 2.97. The quantitative estimate of drug-likeness (QED) is 0.156. The van der Waals surface area contributed by atoms with E-state index in [0.717, 1.165) is 26.0 Å². The van der Waals surface area contributed by atoms with Crippen LogP contribution in [0.15, 0.2) is 77.7 Å². The molecule has 0 bridgehead atoms. The number of nitrogens with zero attached hydrogens (tertiary/aromatic N) is 1. The highest BCUT2D eigenvalue weighted by atomic mass is 127. The average Bonchev–Trinajstić information content (AvgIpc) is 3.16. The van der Waals surface area contributed by atoms with Crippen LogP contribution < -0.4 is 14.8 Å². The number of benzene rings is 3. The van der Waals surface area contributed by atoms with Crippen molar-refractivity contribution in [3.8, 4) is 11.5 Å². The summed E-state index contributed by atoms with van der Waals surface area (Å²) in [6.45, 7) is 6.77. The van der Waals surface area contributed by atoms with Crippen LogP contribution in [0.3, 0.4) is 0 Å². The van der Waals surface area contributed by atoms with Gasteiger partial charge in [0.1, 0.15) is 31.3 Å². The van der Waals surface area contributed by atoms with Gasteiger partial charge >= 0.3 is 0 Å². The molecule has 0 radical (unpaired) electrons. The largest absolute Gasteiger partial charge is 0.490 e. The maximum atomic E-state index is 12.9. The Hall–Kier alpha value is -3.31. The van der Waals surface area contributed by atoms with Gasteiger partial charge < -0.3 is 14.8 Å². The number of carbonyl (C=O) groups is 3. The number of nitrogens with one attached hydrogen (secondary N) is 1. The van der Waals surface area contributed by atoms with Gasteiger partial charge in [-0.25, -0.2) is 0 Å². The first-order valence-corrected chi connectivity index (χ1v) is 14.3. The molecule has 0 spiro atoms. The molecule has 4 rings (SSSR count). The Kier molecular flexibility index (Phi) is 9.34. The number of carbonyl (C=O) groups excluding carboxylic acids is 3. The van der Waals surface area contributed by atoms with Crippen molar-refractivity contribution in [2.45, 2.75) is 26.2 Å². The SMILES string of the molecule is CC(C)(C)c1ccc(OCCOc2ccccc2/C=C2\SC(=O)N(CC(=O)Nc3ccc(I)cc3)C2=O)cc1. The minimum absolute atomic E-state index is 0.0775. The maximum absolute atomic E-state index is 12.9. The summed E-state index contributed by atoms with van der Waals surface area (Å²) < 4.78 is 12.8. The van der Waals surface area contributed by atoms with Crippen LogP contribution in [-0.2, 0) is 15.0 Å². The smallest absolute Gasteiger partial charge is 0.294 e. The minimum Gasteiger partial charge on any atom is -0.490 e. The highest BCUT2D eigenvalue weighted by Gasteiger charge is 2.36. The van der Waals surface area contributed by atoms with Crippen LogP contribution >= 0.6 is 34.4 Å². The van der Waals surface area contributed by atoms with Crippen LogP contribution in [0, 0.1) is 3.57 Å². The van der Waals surface area contributed by atoms with Crippen molar-refractivity contribution < 1.29 is 23.9 Å². The Morgan fingerprint density at radius 1 is 0.949 bits per heavy atom. The third-order valence-corrected chi connectivity index (χ3v) is 7.47. The fourth-order valence-electron chi connectivity index (χ4n) is 3.75. The van der Waals surface area contributed by atoms with E-state index in [1.54, 1.807) is 30.3 Å². The molecule has 0 aromatic heterocycles. The first kappa shape index (κ1) is 28.7. The lowest BCUT2D eigenvalue weighted by Crippen LogP contribution is -2.36. The van der Waals surface area contributed by atoms with Crippen LogP contribution in [0.25, 0.3) is 6.08 Å². The molecule has 1 N–H and O–H groups in total. The van der Waals surface area contributed by atoms with E-state index in [9.17, 15) is 14.4 Å². The number of para-hydroxylation sites is 1. The zero-order chi connectivity index (χ0) is 28.0. The second kappa shape index (κ2) is 12.7. The second-order valence-corrected chi connectivity index (χ2v) is 12.1. The average molecular weight is 657 g/mol. The topological polar surface area (TPSA) is 84.9 Å². The molecule has 3 aromatic carbocycles. The van der Waals surface area contributed by atoms with Gasteiger partial charge in [0.15, 0.2) is 0 Å². The molecule has 1 saturated heterocycles. The summed E-state index contributed by atoms with van der Waals surface area (Å²) in [4.78, 5) is 39.1. The number of ether oxygens (including phenoxy) is 2. The number of amides is 3. The molecule has 7 nitrogen and oxygen atoms in total. The molecule has 0 unspecified atom stereocenters. The van der Waals surface area contributed by atoms with Crippen molar-refractivity contribution >= 4 is 63.2 Å². The summed E-state index contributed by atoms with van der Waals surface area (Å²) in [7, 11) is 0. The van der Waals surface area contributed by atoms with Crippen molar-refractivity contribution in [2.24, 2.45) is 0 Å². The molecule has 1 aliphatic rings. The Labute approximate surface area is 246 Å². The van der Waals surface area contributed by atoms with Gasteiger partial charge in [-0.05, 0) is 93.9 Å². The van der Waals surface area contributed by atoms with Crippen LogP contribution in [0.4, 0.5) is 10.5 Å². The molecule has 1 fully saturated rings. The molecule has 202 valence electrons. The lowest BCUT2D eigenvalue weighted by atomic mass is 9.87. The van der Waals surface area contributed by atoms with Gasteiger partial charge in [0, 0.05) is 14.8 Å². The highest BCUT2D eigenvalue weighted by Crippen LogP contribution is 2.34. The lowest BCUT2D eigenvalue weighted by molar-refractivity contribution is -0.127. The Morgan fingerprint density at radius 3 is 2.31 bits per heavy atom. The number of imide groups is 1. The minimum atomic E-state index is -0.514. The van der Waals surface area contributed by atoms with Gasteiger partial charge in [0.25, 0.3) is 11.1 Å². The number of hydrogen-bond donors (Lipinski definition) is 1. The van der Waals surface area contributed by atoms with E-state index in [0.29, 0.717) is 30.2 Å². The second-order valence-electron chi connectivity index (χ2n) is 9.83. The van der Waals surface area contributed by atoms with Crippen LogP contribution in [-0.4, -0.2) is 41.7 Å². The van der Waals surface area contributed by atoms with Gasteiger partial charge in [0.05, 0.1) is 4.91 Å². The predicted octanol–water partition coefficient (Wildman–Crippen LogP) is 6.72. The van der Waals surface area contributed by atoms with Gasteiger partial charge in [-0.3, -0.25) is 19.3 Å². The zero-order valence-corrected chi connectivity index (χ0v) is 24.9. The van der Waals surface area contributed by atoms with Crippen molar-refractivity contribution in [3.63, 3.8) is 0 Å². The van der Waals surface area contributed by atoms with E-state index in [2.05, 4.69) is 60.8 Å². The predicted molar refractivity (Wildman–Crippen MR) is 163 cm³/mol. The van der Waals surface area contributed by atoms with E-state index in [-0.39, 0.29) is 16.9 Å². The van der Waals surface area contributed by atoms with Gasteiger partial charge in [-0.2, -0.15) is 0 Å². The van der Waals surface area contributed by atoms with E-state index < -0.39 is 17.1 Å². The van der Waals surface area contributed by atoms with E-state index >= 15 is 0 Å². The van der Waals surface area contributed by atoms with Gasteiger partial charge in [-0.1, -0.05) is 51.1 Å². The van der Waals surface area contributed by atoms with E-state index in [4.69, 9.17) is 9.47 Å². The Bertz CT molecular complexity index is 1380. The van der Waals surface area contributed by atoms with Crippen molar-refractivity contribution in [1.82, 2.24) is 4.90 Å². The molecule has 9 heteroatoms. The Morgan fingerprint density at radius 2 is 1.62 bits per heavy atom. The summed E-state index contributed by atoms with van der Waals surface area (Å²) in [6.07, 6.45) is 1.61. The maximum Gasteiger partial charge on any atom is 0.294 e. The van der Waals surface area contributed by atoms with Gasteiger partial charge in [-0.15, -0.1) is 0 Å². The van der Waals surface area contributed by atoms with Crippen LogP contribution in [0.5, 0.6) is 11.5 Å². The number of halogens is 1. The number of hydrogen-bond acceptors (Lipinski definition) is 6. The zero-order valence-electron chi connectivity index (χ0n) is 21.9. The normalized spacial score (nSPS) is 14.6. The standard InChI is InChI=1S/C30H29IN2O5S/c1-30(2,3)21-8-14-24(15-9-21)37-16-17-38-25-7-5-4-6-20(25)18-26-28(35)33(29(36)39-26)19-27(34)32-23-12-10-22(31)11-13-23/h4-15,18H,16-17,19H2,1-3H3,(H,32,34)/b26-18-. The van der Waals surface area contributed by atoms with Crippen molar-refractivity contribution in [1.29, 1.82) is 0 Å². The van der Waals surface area contributed by atoms with Gasteiger partial charge in [0.2, 0.25) is 5.91 Å². The fourth-order valence-corrected chi connectivity index (χ4v) is 4.94. The fraction of sp³-hybridized carbons (Fsp3) is 0.233. The summed E-state index contributed by atoms with van der Waals surface area (Å²) in [5.41, 5.74) is 2.56. The molecular formula is C30H29IN2O5S. The first-order chi connectivity index (χ1) is 18.6. The lowest BCUT2D eigenvalue weighted by Gasteiger charge is -2.19. The van der Waals surface area contributed by atoms with Crippen LogP contribution in [0.2, 0.25) is 0 Å². The van der Waals surface area contributed by atoms with Crippen molar-refractivity contribution in [3.05, 3.63) is 92.4 Å². The number of anilines is 1. The number of thioether (sulfide) groups is 1. The van der Waals surface area contributed by atoms with E-state index in [1.165, 1.54) is 5.56 Å². The summed E-state index contributed by atoms with van der Waals surface area (Å²) in [5, 5.41) is 2.22. The molecule has 0 saturated carbocycles. The molecule has 1 aliphatic heterocycles. The summed E-state index contributed by atoms with van der Waals surface area (Å²) in [6, 6.07) is 22.5. The first-order valence-electron chi connectivity index (χ1n) is 12.4. The van der Waals surface area contributed by atoms with E-state index in [1.807, 2.05) is 36.4 Å². The molecular weight excluding hydrogens is 627 g/mol. The monoisotopic (exact) mass is 656 g/mol. The highest BCUT2D eigenvalue weighted by molar-refractivity contribution is 14.1. The molecule has 3 amide bonds. The Balaban J connectivity index is 1.34. The third kappa shape index (κ3) is 7.86. The number of rotatable bonds is 9. The third-order valence-electron chi connectivity index (χ3n) is 5.84. The van der Waals surface area contributed by atoms with Crippen LogP contribution in [0.1, 0.15) is 31.9 Å². The molecule has 1 heterocycles. The summed E-state index contributed by atoms with van der Waals surface area (Å²) in [5.74, 6) is 0.364. The molecule has 3 aromatic rings. The van der Waals surface area contributed by atoms with Crippen molar-refractivity contribution in [2.75, 3.05) is 25.1 Å². The molecule has 39 heavy (non-hydrogen) atoms.